The van der Waals surface area contributed by atoms with Crippen molar-refractivity contribution in [2.45, 2.75) is 18.9 Å². The number of halogens is 2. The highest BCUT2D eigenvalue weighted by Gasteiger charge is 2.32. The molecule has 21 heavy (non-hydrogen) atoms. The summed E-state index contributed by atoms with van der Waals surface area (Å²) >= 11 is 9.52. The first kappa shape index (κ1) is 15.1. The van der Waals surface area contributed by atoms with Crippen LogP contribution in [0.1, 0.15) is 12.0 Å². The average Bonchev–Trinajstić information content (AvgIpc) is 2.47. The maximum atomic E-state index is 12.6. The second-order valence-electron chi connectivity index (χ2n) is 5.65. The third-order valence-electron chi connectivity index (χ3n) is 4.11. The number of hydrogen-bond acceptors (Lipinski definition) is 3. The lowest BCUT2D eigenvalue weighted by molar-refractivity contribution is -0.141. The van der Waals surface area contributed by atoms with Crippen LogP contribution in [0, 0.1) is 0 Å². The summed E-state index contributed by atoms with van der Waals surface area (Å²) in [5.74, 6) is 0.869. The number of ether oxygens (including phenoxy) is 1. The lowest BCUT2D eigenvalue weighted by Gasteiger charge is -2.36. The summed E-state index contributed by atoms with van der Waals surface area (Å²) in [6.07, 6.45) is 1.15. The molecule has 1 saturated heterocycles. The molecule has 2 aliphatic rings. The van der Waals surface area contributed by atoms with E-state index in [0.717, 1.165) is 48.4 Å². The zero-order valence-electron chi connectivity index (χ0n) is 11.9. The van der Waals surface area contributed by atoms with Crippen molar-refractivity contribution in [3.63, 3.8) is 0 Å². The van der Waals surface area contributed by atoms with E-state index in [4.69, 9.17) is 16.3 Å². The van der Waals surface area contributed by atoms with E-state index in [1.165, 1.54) is 0 Å². The third-order valence-corrected chi connectivity index (χ3v) is 4.92. The number of likely N-dealkylation sites (N-methyl/N-ethyl adjacent to an activating group) is 1. The van der Waals surface area contributed by atoms with Gasteiger partial charge in [0.15, 0.2) is 6.10 Å². The van der Waals surface area contributed by atoms with Crippen LogP contribution in [0.5, 0.6) is 5.75 Å². The van der Waals surface area contributed by atoms with E-state index >= 15 is 0 Å². The van der Waals surface area contributed by atoms with Crippen LogP contribution in [-0.4, -0.2) is 55.0 Å². The molecule has 1 aromatic carbocycles. The summed E-state index contributed by atoms with van der Waals surface area (Å²) in [4.78, 5) is 16.7. The van der Waals surface area contributed by atoms with E-state index in [2.05, 4.69) is 27.9 Å². The molecule has 4 nitrogen and oxygen atoms in total. The summed E-state index contributed by atoms with van der Waals surface area (Å²) in [5, 5.41) is 0.688. The summed E-state index contributed by atoms with van der Waals surface area (Å²) < 4.78 is 6.77. The van der Waals surface area contributed by atoms with Crippen LogP contribution < -0.4 is 4.74 Å². The van der Waals surface area contributed by atoms with Gasteiger partial charge in [-0.1, -0.05) is 11.6 Å². The molecule has 1 atom stereocenters. The van der Waals surface area contributed by atoms with Crippen molar-refractivity contribution in [1.82, 2.24) is 9.80 Å². The van der Waals surface area contributed by atoms with Crippen molar-refractivity contribution in [3.8, 4) is 5.75 Å². The SMILES string of the molecule is CN1CCN(C(=O)[C@H]2CCc3cc(Cl)cc(Br)c3O2)CC1. The Labute approximate surface area is 138 Å². The molecule has 1 aromatic rings. The van der Waals surface area contributed by atoms with Crippen LogP contribution >= 0.6 is 27.5 Å². The summed E-state index contributed by atoms with van der Waals surface area (Å²) in [6.45, 7) is 3.41. The van der Waals surface area contributed by atoms with Gasteiger partial charge in [0.05, 0.1) is 4.47 Å². The van der Waals surface area contributed by atoms with E-state index in [1.807, 2.05) is 17.0 Å². The zero-order valence-corrected chi connectivity index (χ0v) is 14.3. The van der Waals surface area contributed by atoms with E-state index in [9.17, 15) is 4.79 Å². The minimum Gasteiger partial charge on any atom is -0.479 e. The number of rotatable bonds is 1. The highest BCUT2D eigenvalue weighted by molar-refractivity contribution is 9.10. The molecule has 1 amide bonds. The molecule has 0 radical (unpaired) electrons. The first-order chi connectivity index (χ1) is 10.0. The van der Waals surface area contributed by atoms with E-state index in [-0.39, 0.29) is 12.0 Å². The van der Waals surface area contributed by atoms with Gasteiger partial charge in [-0.2, -0.15) is 0 Å². The fourth-order valence-corrected chi connectivity index (χ4v) is 3.79. The van der Waals surface area contributed by atoms with Crippen LogP contribution in [0.4, 0.5) is 0 Å². The first-order valence-corrected chi connectivity index (χ1v) is 8.33. The highest BCUT2D eigenvalue weighted by atomic mass is 79.9. The Morgan fingerprint density at radius 3 is 2.76 bits per heavy atom. The van der Waals surface area contributed by atoms with Crippen LogP contribution in [-0.2, 0) is 11.2 Å². The number of benzene rings is 1. The summed E-state index contributed by atoms with van der Waals surface area (Å²) in [5.41, 5.74) is 1.07. The Morgan fingerprint density at radius 1 is 1.33 bits per heavy atom. The van der Waals surface area contributed by atoms with Gasteiger partial charge >= 0.3 is 0 Å². The lowest BCUT2D eigenvalue weighted by atomic mass is 10.0. The monoisotopic (exact) mass is 372 g/mol. The minimum atomic E-state index is -0.376. The number of amides is 1. The average molecular weight is 374 g/mol. The Bertz CT molecular complexity index is 559. The number of piperazine rings is 1. The summed E-state index contributed by atoms with van der Waals surface area (Å²) in [7, 11) is 2.08. The van der Waals surface area contributed by atoms with Crippen molar-refractivity contribution in [2.75, 3.05) is 33.2 Å². The fourth-order valence-electron chi connectivity index (χ4n) is 2.82. The molecule has 0 aliphatic carbocycles. The van der Waals surface area contributed by atoms with Crippen LogP contribution in [0.2, 0.25) is 5.02 Å². The molecule has 0 spiro atoms. The lowest BCUT2D eigenvalue weighted by Crippen LogP contribution is -2.51. The summed E-state index contributed by atoms with van der Waals surface area (Å²) in [6, 6.07) is 3.72. The number of aryl methyl sites for hydroxylation is 1. The van der Waals surface area contributed by atoms with Gasteiger partial charge in [0.1, 0.15) is 5.75 Å². The smallest absolute Gasteiger partial charge is 0.263 e. The highest BCUT2D eigenvalue weighted by Crippen LogP contribution is 2.37. The largest absolute Gasteiger partial charge is 0.479 e. The number of hydrogen-bond donors (Lipinski definition) is 0. The molecule has 0 aromatic heterocycles. The third kappa shape index (κ3) is 3.20. The van der Waals surface area contributed by atoms with Gasteiger partial charge in [-0.15, -0.1) is 0 Å². The van der Waals surface area contributed by atoms with Gasteiger partial charge in [0.25, 0.3) is 5.91 Å². The van der Waals surface area contributed by atoms with E-state index in [0.29, 0.717) is 11.4 Å². The molecule has 2 aliphatic heterocycles. The number of fused-ring (bicyclic) bond motifs is 1. The number of carbonyl (C=O) groups excluding carboxylic acids is 1. The van der Waals surface area contributed by atoms with Gasteiger partial charge in [0, 0.05) is 31.2 Å². The zero-order chi connectivity index (χ0) is 15.0. The quantitative estimate of drug-likeness (QED) is 0.758. The molecule has 6 heteroatoms. The van der Waals surface area contributed by atoms with Gasteiger partial charge in [-0.25, -0.2) is 0 Å². The second kappa shape index (κ2) is 6.15. The molecule has 0 N–H and O–H groups in total. The number of nitrogens with zero attached hydrogens (tertiary/aromatic N) is 2. The molecule has 0 bridgehead atoms. The van der Waals surface area contributed by atoms with E-state index in [1.54, 1.807) is 0 Å². The van der Waals surface area contributed by atoms with Gasteiger partial charge in [-0.05, 0) is 53.5 Å². The fraction of sp³-hybridized carbons (Fsp3) is 0.533. The van der Waals surface area contributed by atoms with Crippen molar-refractivity contribution in [1.29, 1.82) is 0 Å². The molecule has 1 fully saturated rings. The van der Waals surface area contributed by atoms with Crippen molar-refractivity contribution in [2.24, 2.45) is 0 Å². The molecular weight excluding hydrogens is 356 g/mol. The van der Waals surface area contributed by atoms with Gasteiger partial charge in [-0.3, -0.25) is 4.79 Å². The predicted molar refractivity (Wildman–Crippen MR) is 86.0 cm³/mol. The molecule has 3 rings (SSSR count). The molecule has 2 heterocycles. The van der Waals surface area contributed by atoms with Crippen molar-refractivity contribution in [3.05, 3.63) is 27.2 Å². The standard InChI is InChI=1S/C15H18BrClN2O2/c1-18-4-6-19(7-5-18)15(20)13-3-2-10-8-11(17)9-12(16)14(10)21-13/h8-9,13H,2-7H2,1H3/t13-/m1/s1. The molecule has 0 unspecified atom stereocenters. The van der Waals surface area contributed by atoms with Crippen molar-refractivity contribution >= 4 is 33.4 Å². The maximum absolute atomic E-state index is 12.6. The Morgan fingerprint density at radius 2 is 2.05 bits per heavy atom. The van der Waals surface area contributed by atoms with Crippen LogP contribution in [0.15, 0.2) is 16.6 Å². The van der Waals surface area contributed by atoms with Crippen LogP contribution in [0.25, 0.3) is 0 Å². The van der Waals surface area contributed by atoms with Gasteiger partial charge in [0.2, 0.25) is 0 Å². The maximum Gasteiger partial charge on any atom is 0.263 e. The van der Waals surface area contributed by atoms with Crippen LogP contribution in [0.3, 0.4) is 0 Å². The Kier molecular flexibility index (Phi) is 4.43. The van der Waals surface area contributed by atoms with Crippen molar-refractivity contribution < 1.29 is 9.53 Å². The predicted octanol–water partition coefficient (Wildman–Crippen LogP) is 2.57. The minimum absolute atomic E-state index is 0.107. The second-order valence-corrected chi connectivity index (χ2v) is 6.94. The normalized spacial score (nSPS) is 22.6. The number of carbonyl (C=O) groups is 1. The van der Waals surface area contributed by atoms with E-state index < -0.39 is 0 Å². The molecular formula is C15H18BrClN2O2. The Hall–Kier alpha value is -0.780. The topological polar surface area (TPSA) is 32.8 Å². The molecule has 0 saturated carbocycles. The van der Waals surface area contributed by atoms with Gasteiger partial charge < -0.3 is 14.5 Å². The Balaban J connectivity index is 1.72. The first-order valence-electron chi connectivity index (χ1n) is 7.16. The molecule has 114 valence electrons.